The van der Waals surface area contributed by atoms with Crippen molar-refractivity contribution in [1.82, 2.24) is 14.8 Å². The maximum Gasteiger partial charge on any atom is 0.295 e. The van der Waals surface area contributed by atoms with E-state index in [9.17, 15) is 14.7 Å². The Morgan fingerprint density at radius 1 is 1.14 bits per heavy atom. The molecule has 1 amide bonds. The second-order valence-electron chi connectivity index (χ2n) is 7.17. The highest BCUT2D eigenvalue weighted by Crippen LogP contribution is 2.38. The van der Waals surface area contributed by atoms with Crippen molar-refractivity contribution in [1.29, 1.82) is 0 Å². The van der Waals surface area contributed by atoms with Crippen molar-refractivity contribution < 1.29 is 14.7 Å². The molecule has 0 aliphatic carbocycles. The van der Waals surface area contributed by atoms with Gasteiger partial charge in [0, 0.05) is 31.0 Å². The van der Waals surface area contributed by atoms with Gasteiger partial charge in [0.2, 0.25) is 0 Å². The van der Waals surface area contributed by atoms with Crippen LogP contribution in [0, 0.1) is 6.92 Å². The number of pyridine rings is 1. The van der Waals surface area contributed by atoms with E-state index in [2.05, 4.69) is 23.7 Å². The largest absolute Gasteiger partial charge is 0.507 e. The van der Waals surface area contributed by atoms with Gasteiger partial charge in [0.15, 0.2) is 0 Å². The lowest BCUT2D eigenvalue weighted by molar-refractivity contribution is -0.140. The van der Waals surface area contributed by atoms with Gasteiger partial charge in [-0.3, -0.25) is 14.6 Å². The minimum Gasteiger partial charge on any atom is -0.507 e. The molecule has 0 saturated carbocycles. The molecule has 0 radical (unpaired) electrons. The highest BCUT2D eigenvalue weighted by atomic mass is 16.3. The zero-order valence-corrected chi connectivity index (χ0v) is 17.1. The number of ketones is 1. The Hall–Kier alpha value is -2.99. The van der Waals surface area contributed by atoms with Crippen LogP contribution in [-0.2, 0) is 9.59 Å². The molecule has 0 bridgehead atoms. The van der Waals surface area contributed by atoms with E-state index in [1.54, 1.807) is 35.5 Å². The second-order valence-corrected chi connectivity index (χ2v) is 7.17. The van der Waals surface area contributed by atoms with Crippen molar-refractivity contribution in [2.45, 2.75) is 26.8 Å². The van der Waals surface area contributed by atoms with E-state index in [1.807, 2.05) is 25.1 Å². The predicted molar refractivity (Wildman–Crippen MR) is 112 cm³/mol. The van der Waals surface area contributed by atoms with Crippen LogP contribution in [0.25, 0.3) is 5.76 Å². The number of aliphatic hydroxyl groups excluding tert-OH is 1. The number of rotatable bonds is 7. The Kier molecular flexibility index (Phi) is 6.44. The van der Waals surface area contributed by atoms with Crippen LogP contribution in [0.5, 0.6) is 0 Å². The van der Waals surface area contributed by atoms with Gasteiger partial charge in [0.05, 0.1) is 11.6 Å². The Morgan fingerprint density at radius 3 is 2.41 bits per heavy atom. The number of hydrogen-bond donors (Lipinski definition) is 1. The molecule has 0 spiro atoms. The number of amides is 1. The number of aromatic nitrogens is 1. The number of aryl methyl sites for hydroxylation is 1. The molecule has 6 nitrogen and oxygen atoms in total. The van der Waals surface area contributed by atoms with Crippen molar-refractivity contribution in [3.05, 3.63) is 71.1 Å². The molecule has 6 heteroatoms. The van der Waals surface area contributed by atoms with Crippen LogP contribution < -0.4 is 0 Å². The van der Waals surface area contributed by atoms with Gasteiger partial charge in [-0.1, -0.05) is 49.7 Å². The number of benzene rings is 1. The lowest BCUT2D eigenvalue weighted by Gasteiger charge is -2.28. The second kappa shape index (κ2) is 9.01. The molecule has 2 heterocycles. The molecule has 152 valence electrons. The van der Waals surface area contributed by atoms with Crippen molar-refractivity contribution in [2.75, 3.05) is 26.2 Å². The molecule has 3 rings (SSSR count). The first-order valence-electron chi connectivity index (χ1n) is 9.95. The summed E-state index contributed by atoms with van der Waals surface area (Å²) < 4.78 is 0. The topological polar surface area (TPSA) is 73.7 Å². The summed E-state index contributed by atoms with van der Waals surface area (Å²) in [4.78, 5) is 33.7. The normalized spacial score (nSPS) is 18.6. The van der Waals surface area contributed by atoms with Gasteiger partial charge < -0.3 is 14.9 Å². The summed E-state index contributed by atoms with van der Waals surface area (Å²) in [6.07, 6.45) is 3.29. The monoisotopic (exact) mass is 393 g/mol. The third-order valence-electron chi connectivity index (χ3n) is 5.42. The Morgan fingerprint density at radius 2 is 1.83 bits per heavy atom. The molecule has 1 N–H and O–H groups in total. The summed E-state index contributed by atoms with van der Waals surface area (Å²) in [5.41, 5.74) is 2.39. The fourth-order valence-electron chi connectivity index (χ4n) is 3.65. The number of aliphatic hydroxyl groups is 1. The van der Waals surface area contributed by atoms with Crippen molar-refractivity contribution in [3.63, 3.8) is 0 Å². The molecular weight excluding hydrogens is 366 g/mol. The summed E-state index contributed by atoms with van der Waals surface area (Å²) in [5, 5.41) is 11.0. The average molecular weight is 393 g/mol. The summed E-state index contributed by atoms with van der Waals surface area (Å²) >= 11 is 0. The highest BCUT2D eigenvalue weighted by Gasteiger charge is 2.46. The molecule has 29 heavy (non-hydrogen) atoms. The van der Waals surface area contributed by atoms with E-state index in [0.29, 0.717) is 24.2 Å². The summed E-state index contributed by atoms with van der Waals surface area (Å²) in [6.45, 7) is 8.85. The van der Waals surface area contributed by atoms with E-state index in [1.165, 1.54) is 0 Å². The summed E-state index contributed by atoms with van der Waals surface area (Å²) in [6, 6.07) is 10.2. The van der Waals surface area contributed by atoms with E-state index in [-0.39, 0.29) is 11.3 Å². The molecular formula is C23H27N3O3. The Balaban J connectivity index is 2.06. The third kappa shape index (κ3) is 4.22. The van der Waals surface area contributed by atoms with Crippen LogP contribution in [0.15, 0.2) is 54.4 Å². The molecule has 1 fully saturated rings. The van der Waals surface area contributed by atoms with Gasteiger partial charge in [0.1, 0.15) is 5.76 Å². The predicted octanol–water partition coefficient (Wildman–Crippen LogP) is 3.15. The molecule has 1 aliphatic heterocycles. The number of hydrogen-bond acceptors (Lipinski definition) is 5. The number of likely N-dealkylation sites (tertiary alicyclic amines) is 1. The SMILES string of the molecule is CCN(CC)CCN1C(=O)C(=O)C(=C(O)c2ccc(C)cc2)[C@H]1c1cccnc1. The summed E-state index contributed by atoms with van der Waals surface area (Å²) in [7, 11) is 0. The number of Topliss-reactive ketones (excluding diaryl/α,β-unsaturated/α-hetero) is 1. The zero-order chi connectivity index (χ0) is 21.0. The quantitative estimate of drug-likeness (QED) is 0.444. The smallest absolute Gasteiger partial charge is 0.295 e. The van der Waals surface area contributed by atoms with Crippen LogP contribution in [0.2, 0.25) is 0 Å². The molecule has 1 aromatic heterocycles. The number of carbonyl (C=O) groups excluding carboxylic acids is 2. The molecule has 1 atom stereocenters. The summed E-state index contributed by atoms with van der Waals surface area (Å²) in [5.74, 6) is -1.39. The van der Waals surface area contributed by atoms with Crippen molar-refractivity contribution in [2.24, 2.45) is 0 Å². The van der Waals surface area contributed by atoms with E-state index >= 15 is 0 Å². The first kappa shape index (κ1) is 20.7. The van der Waals surface area contributed by atoms with Crippen LogP contribution >= 0.6 is 0 Å². The maximum atomic E-state index is 12.9. The van der Waals surface area contributed by atoms with Gasteiger partial charge in [-0.05, 0) is 31.6 Å². The van der Waals surface area contributed by atoms with Gasteiger partial charge in [0.25, 0.3) is 11.7 Å². The van der Waals surface area contributed by atoms with Crippen LogP contribution in [0.4, 0.5) is 0 Å². The van der Waals surface area contributed by atoms with E-state index < -0.39 is 17.7 Å². The maximum absolute atomic E-state index is 12.9. The van der Waals surface area contributed by atoms with Gasteiger partial charge in [-0.2, -0.15) is 0 Å². The lowest BCUT2D eigenvalue weighted by atomic mass is 9.96. The molecule has 1 aromatic carbocycles. The molecule has 0 unspecified atom stereocenters. The lowest BCUT2D eigenvalue weighted by Crippen LogP contribution is -2.38. The van der Waals surface area contributed by atoms with E-state index in [0.717, 1.165) is 18.7 Å². The Bertz CT molecular complexity index is 903. The number of nitrogens with zero attached hydrogens (tertiary/aromatic N) is 3. The minimum atomic E-state index is -0.656. The molecule has 1 saturated heterocycles. The van der Waals surface area contributed by atoms with E-state index in [4.69, 9.17) is 0 Å². The standard InChI is InChI=1S/C23H27N3O3/c1-4-25(5-2)13-14-26-20(18-7-6-12-24-15-18)19(22(28)23(26)29)21(27)17-10-8-16(3)9-11-17/h6-12,15,20,27H,4-5,13-14H2,1-3H3/t20-/m1/s1. The highest BCUT2D eigenvalue weighted by molar-refractivity contribution is 6.46. The van der Waals surface area contributed by atoms with Gasteiger partial charge >= 0.3 is 0 Å². The van der Waals surface area contributed by atoms with Crippen LogP contribution in [0.3, 0.4) is 0 Å². The van der Waals surface area contributed by atoms with Crippen molar-refractivity contribution in [3.8, 4) is 0 Å². The van der Waals surface area contributed by atoms with Crippen molar-refractivity contribution >= 4 is 17.4 Å². The average Bonchev–Trinajstić information content (AvgIpc) is 3.00. The van der Waals surface area contributed by atoms with Gasteiger partial charge in [-0.15, -0.1) is 0 Å². The third-order valence-corrected chi connectivity index (χ3v) is 5.42. The fraction of sp³-hybridized carbons (Fsp3) is 0.348. The number of likely N-dealkylation sites (N-methyl/N-ethyl adjacent to an activating group) is 1. The number of carbonyl (C=O) groups is 2. The molecule has 2 aromatic rings. The first-order valence-corrected chi connectivity index (χ1v) is 9.95. The minimum absolute atomic E-state index is 0.117. The van der Waals surface area contributed by atoms with Crippen LogP contribution in [-0.4, -0.2) is 57.8 Å². The zero-order valence-electron chi connectivity index (χ0n) is 17.1. The van der Waals surface area contributed by atoms with Gasteiger partial charge in [-0.25, -0.2) is 0 Å². The molecule has 1 aliphatic rings. The Labute approximate surface area is 171 Å². The van der Waals surface area contributed by atoms with Crippen LogP contribution in [0.1, 0.15) is 36.6 Å². The fourth-order valence-corrected chi connectivity index (χ4v) is 3.65. The first-order chi connectivity index (χ1) is 14.0.